The number of nitrogens with zero attached hydrogens (tertiary/aromatic N) is 2. The molecule has 4 heteroatoms. The average Bonchev–Trinajstić information content (AvgIpc) is 2.35. The van der Waals surface area contributed by atoms with E-state index in [0.717, 1.165) is 18.2 Å². The fourth-order valence-electron chi connectivity index (χ4n) is 4.08. The van der Waals surface area contributed by atoms with Crippen LogP contribution in [0.5, 0.6) is 0 Å². The summed E-state index contributed by atoms with van der Waals surface area (Å²) in [4.78, 5) is 15.3. The number of allylic oxidation sites excluding steroid dienone is 2. The first-order valence-electron chi connectivity index (χ1n) is 6.76. The van der Waals surface area contributed by atoms with Crippen LogP contribution in [0.15, 0.2) is 24.1 Å². The van der Waals surface area contributed by atoms with Gasteiger partial charge in [-0.05, 0) is 31.6 Å². The molecule has 3 rings (SSSR count). The van der Waals surface area contributed by atoms with E-state index in [1.165, 1.54) is 0 Å². The maximum absolute atomic E-state index is 12.4. The normalized spacial score (nSPS) is 42.0. The van der Waals surface area contributed by atoms with Crippen LogP contribution >= 0.6 is 0 Å². The number of ketones is 1. The molecule has 0 unspecified atom stereocenters. The summed E-state index contributed by atoms with van der Waals surface area (Å²) < 4.78 is 0. The number of fused-ring (bicyclic) bond motifs is 3. The van der Waals surface area contributed by atoms with Gasteiger partial charge in [0.1, 0.15) is 5.78 Å². The third kappa shape index (κ3) is 1.88. The van der Waals surface area contributed by atoms with Crippen molar-refractivity contribution in [1.82, 2.24) is 0 Å². The maximum atomic E-state index is 12.4. The molecule has 0 spiro atoms. The molecule has 0 aromatic rings. The molecule has 3 fully saturated rings. The highest BCUT2D eigenvalue weighted by Crippen LogP contribution is 2.59. The minimum atomic E-state index is -0.476. The second kappa shape index (κ2) is 4.48. The van der Waals surface area contributed by atoms with Gasteiger partial charge in [0, 0.05) is 17.3 Å². The lowest BCUT2D eigenvalue weighted by molar-refractivity contribution is -0.147. The maximum Gasteiger partial charge on any atom is 0.387 e. The zero-order valence-electron chi connectivity index (χ0n) is 11.8. The number of diazo groups is 1. The van der Waals surface area contributed by atoms with Crippen LogP contribution in [0.1, 0.15) is 33.6 Å². The Morgan fingerprint density at radius 3 is 2.79 bits per heavy atom. The first-order chi connectivity index (χ1) is 8.82. The van der Waals surface area contributed by atoms with Gasteiger partial charge >= 0.3 is 6.20 Å². The molecule has 102 valence electrons. The molecule has 3 aliphatic rings. The summed E-state index contributed by atoms with van der Waals surface area (Å²) in [5.41, 5.74) is 0.573. The van der Waals surface area contributed by atoms with Gasteiger partial charge in [0.15, 0.2) is 10.7 Å². The van der Waals surface area contributed by atoms with Crippen molar-refractivity contribution in [1.29, 1.82) is 5.39 Å². The predicted octanol–water partition coefficient (Wildman–Crippen LogP) is 3.68. The van der Waals surface area contributed by atoms with Crippen molar-refractivity contribution < 1.29 is 9.90 Å². The SMILES string of the molecule is C=C(C)[C@@H]1C[C@@H]2[C@H](C)C(=O)[C@H]1C[C@@]2(C)/C(O)=C/[N+]#N. The fourth-order valence-corrected chi connectivity index (χ4v) is 4.08. The lowest BCUT2D eigenvalue weighted by Crippen LogP contribution is -2.54. The Kier molecular flexibility index (Phi) is 3.25. The van der Waals surface area contributed by atoms with Crippen molar-refractivity contribution in [2.45, 2.75) is 33.6 Å². The number of rotatable bonds is 2. The molecule has 0 saturated heterocycles. The number of hydrogen-bond donors (Lipinski definition) is 1. The molecule has 2 bridgehead atoms. The van der Waals surface area contributed by atoms with Crippen molar-refractivity contribution in [2.24, 2.45) is 29.1 Å². The van der Waals surface area contributed by atoms with Gasteiger partial charge in [0.25, 0.3) is 0 Å². The van der Waals surface area contributed by atoms with Crippen LogP contribution in [0, 0.1) is 34.5 Å². The summed E-state index contributed by atoms with van der Waals surface area (Å²) in [6.45, 7) is 9.87. The molecule has 3 aliphatic carbocycles. The highest BCUT2D eigenvalue weighted by Gasteiger charge is 2.58. The van der Waals surface area contributed by atoms with Gasteiger partial charge in [0.05, 0.1) is 0 Å². The van der Waals surface area contributed by atoms with Crippen molar-refractivity contribution in [3.05, 3.63) is 29.1 Å². The van der Waals surface area contributed by atoms with E-state index in [2.05, 4.69) is 11.6 Å². The molecule has 0 aliphatic heterocycles. The number of hydrogen-bond acceptors (Lipinski definition) is 3. The van der Waals surface area contributed by atoms with Crippen LogP contribution in [0.3, 0.4) is 0 Å². The van der Waals surface area contributed by atoms with E-state index in [4.69, 9.17) is 5.39 Å². The van der Waals surface area contributed by atoms with Gasteiger partial charge < -0.3 is 5.11 Å². The number of aliphatic hydroxyl groups is 1. The fraction of sp³-hybridized carbons (Fsp3) is 0.667. The van der Waals surface area contributed by atoms with Gasteiger partial charge in [-0.15, -0.1) is 0 Å². The van der Waals surface area contributed by atoms with E-state index in [1.807, 2.05) is 20.8 Å². The van der Waals surface area contributed by atoms with E-state index in [-0.39, 0.29) is 35.2 Å². The Labute approximate surface area is 113 Å². The summed E-state index contributed by atoms with van der Waals surface area (Å²) >= 11 is 0. The molecule has 1 N–H and O–H groups in total. The van der Waals surface area contributed by atoms with Crippen LogP contribution in [-0.2, 0) is 4.79 Å². The van der Waals surface area contributed by atoms with E-state index in [1.54, 1.807) is 0 Å². The summed E-state index contributed by atoms with van der Waals surface area (Å²) in [5.74, 6) is 0.524. The van der Waals surface area contributed by atoms with Crippen molar-refractivity contribution in [2.75, 3.05) is 0 Å². The summed E-state index contributed by atoms with van der Waals surface area (Å²) in [6, 6.07) is 0. The molecule has 0 amide bonds. The number of aliphatic hydroxyl groups excluding tert-OH is 1. The average molecular weight is 261 g/mol. The molecule has 0 aromatic carbocycles. The Balaban J connectivity index is 2.41. The van der Waals surface area contributed by atoms with Gasteiger partial charge in [-0.1, -0.05) is 26.0 Å². The largest absolute Gasteiger partial charge is 0.505 e. The molecular formula is C15H21N2O2+. The van der Waals surface area contributed by atoms with Crippen LogP contribution in [0.2, 0.25) is 0 Å². The minimum Gasteiger partial charge on any atom is -0.505 e. The highest BCUT2D eigenvalue weighted by molar-refractivity contribution is 5.86. The molecule has 0 radical (unpaired) electrons. The van der Waals surface area contributed by atoms with E-state index >= 15 is 0 Å². The molecule has 5 atom stereocenters. The molecule has 0 aromatic heterocycles. The topological polar surface area (TPSA) is 65.4 Å². The van der Waals surface area contributed by atoms with Gasteiger partial charge in [-0.2, -0.15) is 0 Å². The second-order valence-corrected chi connectivity index (χ2v) is 6.34. The van der Waals surface area contributed by atoms with Crippen LogP contribution in [0.4, 0.5) is 0 Å². The first kappa shape index (κ1) is 13.8. The zero-order valence-corrected chi connectivity index (χ0v) is 11.8. The predicted molar refractivity (Wildman–Crippen MR) is 72.6 cm³/mol. The molecule has 19 heavy (non-hydrogen) atoms. The zero-order chi connectivity index (χ0) is 14.4. The molecular weight excluding hydrogens is 240 g/mol. The summed E-state index contributed by atoms with van der Waals surface area (Å²) in [7, 11) is 0. The second-order valence-electron chi connectivity index (χ2n) is 6.34. The van der Waals surface area contributed by atoms with Crippen LogP contribution < -0.4 is 0 Å². The third-order valence-electron chi connectivity index (χ3n) is 5.27. The van der Waals surface area contributed by atoms with E-state index in [9.17, 15) is 9.90 Å². The minimum absolute atomic E-state index is 0.0615. The number of carbonyl (C=O) groups is 1. The molecule has 0 heterocycles. The van der Waals surface area contributed by atoms with Crippen LogP contribution in [-0.4, -0.2) is 10.9 Å². The van der Waals surface area contributed by atoms with Gasteiger partial charge in [0.2, 0.25) is 5.39 Å². The first-order valence-corrected chi connectivity index (χ1v) is 6.76. The van der Waals surface area contributed by atoms with Crippen molar-refractivity contribution >= 4 is 5.78 Å². The lowest BCUT2D eigenvalue weighted by atomic mass is 9.48. The number of carbonyl (C=O) groups excluding carboxylic acids is 1. The van der Waals surface area contributed by atoms with Crippen LogP contribution in [0.25, 0.3) is 4.98 Å². The highest BCUT2D eigenvalue weighted by atomic mass is 16.3. The molecule has 4 nitrogen and oxygen atoms in total. The Morgan fingerprint density at radius 1 is 1.63 bits per heavy atom. The summed E-state index contributed by atoms with van der Waals surface area (Å²) in [6.07, 6.45) is 2.57. The molecule has 3 saturated carbocycles. The standard InChI is InChI=1S/C15H20N2O2/c1-8(2)10-5-12-9(3)14(19)11(10)6-15(12,4)13(18)7-17-16/h7,9-12H,1,5-6H2,2-4H3/p+1/b13-7-/t9-,10-,11-,12+,15+/m0/s1. The van der Waals surface area contributed by atoms with E-state index < -0.39 is 5.41 Å². The van der Waals surface area contributed by atoms with Gasteiger partial charge in [-0.25, -0.2) is 0 Å². The third-order valence-corrected chi connectivity index (χ3v) is 5.27. The van der Waals surface area contributed by atoms with E-state index in [0.29, 0.717) is 6.42 Å². The van der Waals surface area contributed by atoms with Gasteiger partial charge in [-0.3, -0.25) is 4.79 Å². The summed E-state index contributed by atoms with van der Waals surface area (Å²) in [5, 5.41) is 18.8. The van der Waals surface area contributed by atoms with Crippen molar-refractivity contribution in [3.63, 3.8) is 0 Å². The smallest absolute Gasteiger partial charge is 0.387 e. The van der Waals surface area contributed by atoms with Crippen molar-refractivity contribution in [3.8, 4) is 0 Å². The lowest BCUT2D eigenvalue weighted by Gasteiger charge is -2.54. The Morgan fingerprint density at radius 2 is 2.26 bits per heavy atom. The Hall–Kier alpha value is -1.63. The number of Topliss-reactive ketones (excluding diaryl/α,β-unsaturated/α-hetero) is 1. The Bertz CT molecular complexity index is 503. The monoisotopic (exact) mass is 261 g/mol. The quantitative estimate of drug-likeness (QED) is 0.468.